The molecule has 2 aliphatic rings. The molecule has 0 spiro atoms. The number of hydrogen-bond donors (Lipinski definition) is 0. The zero-order valence-electron chi connectivity index (χ0n) is 25.9. The second-order valence-electron chi connectivity index (χ2n) is 8.07. The normalized spacial score (nSPS) is 14.3. The van der Waals surface area contributed by atoms with Crippen molar-refractivity contribution in [2.45, 2.75) is 85.7 Å². The maximum atomic E-state index is 9.77. The van der Waals surface area contributed by atoms with E-state index in [0.29, 0.717) is 0 Å². The minimum absolute atomic E-state index is 0. The van der Waals surface area contributed by atoms with E-state index in [1.54, 1.807) is 20.0 Å². The predicted octanol–water partition coefficient (Wildman–Crippen LogP) is -6.54. The average Bonchev–Trinajstić information content (AvgIpc) is 3.36. The van der Waals surface area contributed by atoms with Crippen LogP contribution in [0.5, 0.6) is 0 Å². The van der Waals surface area contributed by atoms with Crippen LogP contribution in [0.3, 0.4) is 0 Å². The molecule has 2 heterocycles. The third-order valence-electron chi connectivity index (χ3n) is 4.83. The van der Waals surface area contributed by atoms with Crippen molar-refractivity contribution in [1.82, 2.24) is 20.0 Å². The van der Waals surface area contributed by atoms with Crippen LogP contribution in [0, 0.1) is 20.8 Å². The maximum Gasteiger partial charge on any atom is 1.00 e. The van der Waals surface area contributed by atoms with E-state index in [-0.39, 0.29) is 87.5 Å². The van der Waals surface area contributed by atoms with Gasteiger partial charge in [-0.2, -0.15) is 21.1 Å². The van der Waals surface area contributed by atoms with Crippen molar-refractivity contribution >= 4 is 0 Å². The Balaban J connectivity index is -0.0000000903. The van der Waals surface area contributed by atoms with E-state index in [0.717, 1.165) is 65.0 Å². The molecule has 0 amide bonds. The fraction of sp³-hybridized carbons (Fsp3) is 1.00. The van der Waals surface area contributed by atoms with Gasteiger partial charge >= 0.3 is 75.4 Å². The minimum Gasteiger partial charge on any atom is -0.774 e. The number of hydrogen-bond acceptors (Lipinski definition) is 12. The monoisotopic (exact) mass is 530 g/mol. The van der Waals surface area contributed by atoms with E-state index >= 15 is 0 Å². The molecule has 2 fully saturated rings. The maximum absolute atomic E-state index is 9.77. The summed E-state index contributed by atoms with van der Waals surface area (Å²) < 4.78 is 0. The van der Waals surface area contributed by atoms with Gasteiger partial charge in [-0.3, -0.25) is 20.0 Å². The van der Waals surface area contributed by atoms with Crippen LogP contribution in [0.4, 0.5) is 0 Å². The van der Waals surface area contributed by atoms with Gasteiger partial charge in [0.25, 0.3) is 0 Å². The molecule has 2 aliphatic heterocycles. The number of rotatable bonds is 8. The first-order valence-electron chi connectivity index (χ1n) is 12.0. The molecule has 2 saturated heterocycles. The first kappa shape index (κ1) is 51.0. The molecular formula is C19H42Li4N12O4. The molecule has 0 unspecified atom stereocenters. The SMILES string of the molecule is CC(C)N(/N=N/[O-])C(C)C.CCN(CC)/N=N/[O-].[Li+].[Li+].[Li+].[Li+].[O-]/N=N/N1CCCC1.[O-]/N=N/N1CCCCC1. The van der Waals surface area contributed by atoms with Gasteiger partial charge < -0.3 is 20.8 Å². The molecule has 16 nitrogen and oxygen atoms in total. The van der Waals surface area contributed by atoms with Crippen molar-refractivity contribution in [3.8, 4) is 0 Å². The van der Waals surface area contributed by atoms with Gasteiger partial charge in [0, 0.05) is 51.4 Å². The summed E-state index contributed by atoms with van der Waals surface area (Å²) in [6.45, 7) is 16.8. The fourth-order valence-corrected chi connectivity index (χ4v) is 3.11. The Kier molecular flexibility index (Phi) is 48.6. The third-order valence-corrected chi connectivity index (χ3v) is 4.83. The van der Waals surface area contributed by atoms with Crippen LogP contribution in [-0.2, 0) is 0 Å². The standard InChI is InChI=1S/C6H15N3O.C5H11N3O.C4H9N3O.C4H11N3O.4Li/c1-5(2)9(6(3)4)7-8-10;9-7-6-8-4-2-1-3-5-8;8-6-5-7-3-1-2-4-7;1-3-7(4-2)5-6-8;;;;/h5-6H,1-4H3,(H,7,10);1-5H2,(H,6,9);1-4H2,(H,5,8);3-4H2,1-2H3,(H,5,8);;;;/q;;;;4*+1/p-4. The summed E-state index contributed by atoms with van der Waals surface area (Å²) in [4.78, 5) is 0. The van der Waals surface area contributed by atoms with Gasteiger partial charge in [0.05, 0.1) is 0 Å². The fourth-order valence-electron chi connectivity index (χ4n) is 3.11. The molecule has 0 radical (unpaired) electrons. The van der Waals surface area contributed by atoms with E-state index in [9.17, 15) is 20.8 Å². The summed E-state index contributed by atoms with van der Waals surface area (Å²) in [5.41, 5.74) is 0. The zero-order valence-corrected chi connectivity index (χ0v) is 25.9. The van der Waals surface area contributed by atoms with E-state index in [1.807, 2.05) is 41.5 Å². The zero-order chi connectivity index (χ0) is 26.9. The molecule has 20 heteroatoms. The van der Waals surface area contributed by atoms with Gasteiger partial charge in [-0.05, 0) is 73.6 Å². The van der Waals surface area contributed by atoms with Gasteiger partial charge in [0.1, 0.15) is 0 Å². The summed E-state index contributed by atoms with van der Waals surface area (Å²) in [6.07, 6.45) is 5.81. The molecule has 2 rings (SSSR count). The van der Waals surface area contributed by atoms with E-state index in [2.05, 4.69) is 42.0 Å². The molecule has 0 atom stereocenters. The van der Waals surface area contributed by atoms with Crippen molar-refractivity contribution in [3.05, 3.63) is 20.8 Å². The van der Waals surface area contributed by atoms with Crippen LogP contribution in [0.2, 0.25) is 0 Å². The van der Waals surface area contributed by atoms with Gasteiger partial charge in [-0.15, -0.1) is 0 Å². The number of piperidine rings is 1. The van der Waals surface area contributed by atoms with Crippen LogP contribution in [0.1, 0.15) is 73.6 Å². The molecule has 0 aromatic carbocycles. The number of nitrogens with zero attached hydrogens (tertiary/aromatic N) is 12. The van der Waals surface area contributed by atoms with Crippen LogP contribution in [0.25, 0.3) is 0 Å². The van der Waals surface area contributed by atoms with Crippen molar-refractivity contribution < 1.29 is 75.4 Å². The second-order valence-corrected chi connectivity index (χ2v) is 8.07. The Morgan fingerprint density at radius 3 is 1.10 bits per heavy atom. The van der Waals surface area contributed by atoms with Gasteiger partial charge in [-0.1, -0.05) is 20.9 Å². The second kappa shape index (κ2) is 37.2. The van der Waals surface area contributed by atoms with Crippen molar-refractivity contribution in [2.24, 2.45) is 42.0 Å². The quantitative estimate of drug-likeness (QED) is 0.167. The predicted molar refractivity (Wildman–Crippen MR) is 134 cm³/mol. The summed E-state index contributed by atoms with van der Waals surface area (Å²) in [5, 5.41) is 68.1. The third kappa shape index (κ3) is 31.6. The smallest absolute Gasteiger partial charge is 0.774 e. The molecule has 206 valence electrons. The Labute approximate surface area is 281 Å². The van der Waals surface area contributed by atoms with Crippen LogP contribution < -0.4 is 75.4 Å². The van der Waals surface area contributed by atoms with Crippen molar-refractivity contribution in [3.63, 3.8) is 0 Å². The molecule has 0 aromatic rings. The van der Waals surface area contributed by atoms with E-state index in [1.165, 1.54) is 6.42 Å². The van der Waals surface area contributed by atoms with Gasteiger partial charge in [-0.25, -0.2) is 0 Å². The average molecular weight is 530 g/mol. The molecule has 0 aromatic heterocycles. The molecule has 0 N–H and O–H groups in total. The van der Waals surface area contributed by atoms with Crippen LogP contribution in [0.15, 0.2) is 42.0 Å². The molecule has 0 saturated carbocycles. The van der Waals surface area contributed by atoms with E-state index in [4.69, 9.17) is 0 Å². The van der Waals surface area contributed by atoms with Crippen molar-refractivity contribution in [2.75, 3.05) is 39.3 Å². The summed E-state index contributed by atoms with van der Waals surface area (Å²) in [6, 6.07) is 0.468. The van der Waals surface area contributed by atoms with Crippen molar-refractivity contribution in [1.29, 1.82) is 0 Å². The first-order chi connectivity index (χ1) is 16.8. The topological polar surface area (TPSA) is 204 Å². The minimum atomic E-state index is 0. The van der Waals surface area contributed by atoms with E-state index < -0.39 is 0 Å². The summed E-state index contributed by atoms with van der Waals surface area (Å²) in [5.74, 6) is 0. The first-order valence-corrected chi connectivity index (χ1v) is 12.0. The Morgan fingerprint density at radius 1 is 0.564 bits per heavy atom. The van der Waals surface area contributed by atoms with Gasteiger partial charge in [0.2, 0.25) is 0 Å². The summed E-state index contributed by atoms with van der Waals surface area (Å²) in [7, 11) is 0. The van der Waals surface area contributed by atoms with Crippen LogP contribution >= 0.6 is 0 Å². The van der Waals surface area contributed by atoms with Gasteiger partial charge in [0.15, 0.2) is 0 Å². The Morgan fingerprint density at radius 2 is 0.897 bits per heavy atom. The van der Waals surface area contributed by atoms with Crippen LogP contribution in [-0.4, -0.2) is 71.4 Å². The summed E-state index contributed by atoms with van der Waals surface area (Å²) >= 11 is 0. The molecule has 0 bridgehead atoms. The molecule has 39 heavy (non-hydrogen) atoms. The Bertz CT molecular complexity index is 563. The molecular weight excluding hydrogens is 488 g/mol. The Hall–Kier alpha value is -0.810. The molecule has 0 aliphatic carbocycles. The largest absolute Gasteiger partial charge is 1.00 e.